The Bertz CT molecular complexity index is 655. The molecule has 1 amide bonds. The van der Waals surface area contributed by atoms with Crippen molar-refractivity contribution in [1.29, 1.82) is 0 Å². The highest BCUT2D eigenvalue weighted by atomic mass is 35.5. The smallest absolute Gasteiger partial charge is 0.362 e. The molecule has 1 aliphatic carbocycles. The predicted molar refractivity (Wildman–Crippen MR) is 170 cm³/mol. The largest absolute Gasteiger partial charge is 1.00 e. The van der Waals surface area contributed by atoms with Gasteiger partial charge in [0.15, 0.2) is 6.54 Å². The Hall–Kier alpha value is -0.810. The summed E-state index contributed by atoms with van der Waals surface area (Å²) in [5.74, 6) is 1.76. The molecule has 0 bridgehead atoms. The van der Waals surface area contributed by atoms with Crippen molar-refractivity contribution < 1.29 is 31.2 Å². The number of halogens is 1. The number of rotatable bonds is 24. The Morgan fingerprint density at radius 3 is 1.83 bits per heavy atom. The van der Waals surface area contributed by atoms with Crippen molar-refractivity contribution in [2.45, 2.75) is 162 Å². The van der Waals surface area contributed by atoms with Gasteiger partial charge in [0, 0.05) is 19.4 Å². The molecule has 1 saturated carbocycles. The van der Waals surface area contributed by atoms with Gasteiger partial charge in [-0.15, -0.1) is 0 Å². The summed E-state index contributed by atoms with van der Waals surface area (Å²) < 4.78 is 6.61. The molecule has 3 atom stereocenters. The first kappa shape index (κ1) is 40.2. The topological polar surface area (TPSA) is 55.4 Å². The lowest BCUT2D eigenvalue weighted by Crippen LogP contribution is -3.00. The molecule has 244 valence electrons. The van der Waals surface area contributed by atoms with Crippen LogP contribution in [0.15, 0.2) is 0 Å². The van der Waals surface area contributed by atoms with Crippen LogP contribution in [0.3, 0.4) is 0 Å². The molecule has 0 saturated heterocycles. The summed E-state index contributed by atoms with van der Waals surface area (Å²) in [6, 6.07) is 0. The maximum Gasteiger partial charge on any atom is 0.362 e. The fraction of sp³-hybridized carbons (Fsp3) is 0.943. The van der Waals surface area contributed by atoms with E-state index in [-0.39, 0.29) is 30.4 Å². The van der Waals surface area contributed by atoms with E-state index >= 15 is 0 Å². The van der Waals surface area contributed by atoms with Crippen LogP contribution >= 0.6 is 0 Å². The summed E-state index contributed by atoms with van der Waals surface area (Å²) in [7, 11) is 4.17. The Kier molecular flexibility index (Phi) is 24.1. The van der Waals surface area contributed by atoms with Crippen molar-refractivity contribution in [3.05, 3.63) is 0 Å². The molecular formula is C35H69ClN2O3. The minimum absolute atomic E-state index is 0. The van der Waals surface area contributed by atoms with E-state index in [0.29, 0.717) is 41.7 Å². The average molecular weight is 601 g/mol. The van der Waals surface area contributed by atoms with Gasteiger partial charge in [-0.1, -0.05) is 124 Å². The van der Waals surface area contributed by atoms with E-state index < -0.39 is 0 Å². The highest BCUT2D eigenvalue weighted by Gasteiger charge is 2.34. The van der Waals surface area contributed by atoms with Crippen LogP contribution in [0, 0.1) is 17.8 Å². The summed E-state index contributed by atoms with van der Waals surface area (Å²) in [6.45, 7) is 11.0. The van der Waals surface area contributed by atoms with Crippen LogP contribution in [-0.4, -0.2) is 56.2 Å². The monoisotopic (exact) mass is 600 g/mol. The van der Waals surface area contributed by atoms with Crippen LogP contribution in [0.4, 0.5) is 0 Å². The number of nitrogens with one attached hydrogen (secondary N) is 1. The molecule has 0 heterocycles. The summed E-state index contributed by atoms with van der Waals surface area (Å²) in [5.41, 5.74) is 0. The van der Waals surface area contributed by atoms with Crippen LogP contribution in [0.25, 0.3) is 0 Å². The van der Waals surface area contributed by atoms with Crippen LogP contribution < -0.4 is 17.7 Å². The molecule has 3 unspecified atom stereocenters. The molecule has 0 aliphatic heterocycles. The molecule has 0 aromatic heterocycles. The molecule has 0 spiro atoms. The van der Waals surface area contributed by atoms with Crippen LogP contribution in [0.1, 0.15) is 156 Å². The number of amides is 1. The third-order valence-electron chi connectivity index (χ3n) is 9.07. The van der Waals surface area contributed by atoms with E-state index in [0.717, 1.165) is 38.6 Å². The number of hydrogen-bond donors (Lipinski definition) is 1. The third kappa shape index (κ3) is 21.5. The quantitative estimate of drug-likeness (QED) is 0.0860. The van der Waals surface area contributed by atoms with Crippen LogP contribution in [0.5, 0.6) is 0 Å². The molecule has 0 aromatic rings. The lowest BCUT2D eigenvalue weighted by molar-refractivity contribution is -0.883. The predicted octanol–water partition coefficient (Wildman–Crippen LogP) is 5.84. The number of unbranched alkanes of at least 4 members (excludes halogenated alkanes) is 14. The minimum atomic E-state index is -0.0769. The first-order valence-electron chi connectivity index (χ1n) is 17.4. The van der Waals surface area contributed by atoms with E-state index in [1.54, 1.807) is 0 Å². The van der Waals surface area contributed by atoms with E-state index in [2.05, 4.69) is 47.1 Å². The fourth-order valence-electron chi connectivity index (χ4n) is 6.37. The highest BCUT2D eigenvalue weighted by molar-refractivity contribution is 5.75. The van der Waals surface area contributed by atoms with Crippen molar-refractivity contribution in [1.82, 2.24) is 5.32 Å². The second kappa shape index (κ2) is 24.6. The molecule has 1 rings (SSSR count). The van der Waals surface area contributed by atoms with Gasteiger partial charge in [0.2, 0.25) is 5.91 Å². The summed E-state index contributed by atoms with van der Waals surface area (Å²) in [6.07, 6.45) is 25.1. The molecular weight excluding hydrogens is 532 g/mol. The van der Waals surface area contributed by atoms with Crippen molar-refractivity contribution >= 4 is 11.9 Å². The van der Waals surface area contributed by atoms with Crippen molar-refractivity contribution in [2.75, 3.05) is 33.7 Å². The summed E-state index contributed by atoms with van der Waals surface area (Å²) >= 11 is 0. The zero-order valence-electron chi connectivity index (χ0n) is 28.1. The maximum atomic E-state index is 12.8. The van der Waals surface area contributed by atoms with E-state index in [1.165, 1.54) is 89.9 Å². The van der Waals surface area contributed by atoms with Gasteiger partial charge < -0.3 is 26.9 Å². The fourth-order valence-corrected chi connectivity index (χ4v) is 6.37. The van der Waals surface area contributed by atoms with Gasteiger partial charge in [-0.05, 0) is 37.0 Å². The minimum Gasteiger partial charge on any atom is -1.00 e. The van der Waals surface area contributed by atoms with Gasteiger partial charge >= 0.3 is 5.97 Å². The number of ether oxygens (including phenoxy) is 1. The zero-order chi connectivity index (χ0) is 29.6. The van der Waals surface area contributed by atoms with Gasteiger partial charge in [-0.25, -0.2) is 4.79 Å². The van der Waals surface area contributed by atoms with Crippen LogP contribution in [0.2, 0.25) is 0 Å². The SMILES string of the molecule is CCCCCCCCCCCCCCCCCC(=O)NCCC[N+](C)(C)CC(=O)OC1CC(C)CCC1C(C)C.[Cl-]. The number of esters is 1. The lowest BCUT2D eigenvalue weighted by atomic mass is 9.75. The Balaban J connectivity index is 0.0000160. The Morgan fingerprint density at radius 1 is 0.805 bits per heavy atom. The standard InChI is InChI=1S/C35H68N2O3.ClH/c1-7-8-9-10-11-12-13-14-15-16-17-18-19-20-21-23-34(38)36-26-22-27-37(5,6)29-35(39)40-33-28-31(4)24-25-32(33)30(2)3;/h30-33H,7-29H2,1-6H3;1H. The molecule has 1 N–H and O–H groups in total. The molecule has 0 radical (unpaired) electrons. The average Bonchev–Trinajstić information content (AvgIpc) is 2.88. The third-order valence-corrected chi connectivity index (χ3v) is 9.07. The molecule has 41 heavy (non-hydrogen) atoms. The normalized spacial score (nSPS) is 19.1. The second-order valence-electron chi connectivity index (χ2n) is 14.1. The van der Waals surface area contributed by atoms with Gasteiger partial charge in [-0.3, -0.25) is 4.79 Å². The van der Waals surface area contributed by atoms with Crippen molar-refractivity contribution in [3.8, 4) is 0 Å². The molecule has 5 nitrogen and oxygen atoms in total. The molecule has 1 aliphatic rings. The van der Waals surface area contributed by atoms with Crippen molar-refractivity contribution in [3.63, 3.8) is 0 Å². The lowest BCUT2D eigenvalue weighted by Gasteiger charge is -2.37. The Morgan fingerprint density at radius 2 is 1.32 bits per heavy atom. The van der Waals surface area contributed by atoms with E-state index in [1.807, 2.05) is 0 Å². The Labute approximate surface area is 261 Å². The zero-order valence-corrected chi connectivity index (χ0v) is 28.9. The van der Waals surface area contributed by atoms with Gasteiger partial charge in [-0.2, -0.15) is 0 Å². The second-order valence-corrected chi connectivity index (χ2v) is 14.1. The molecule has 1 fully saturated rings. The van der Waals surface area contributed by atoms with E-state index in [9.17, 15) is 9.59 Å². The number of likely N-dealkylation sites (N-methyl/N-ethyl adjacent to an activating group) is 1. The first-order chi connectivity index (χ1) is 19.1. The maximum absolute atomic E-state index is 12.8. The number of hydrogen-bond acceptors (Lipinski definition) is 3. The van der Waals surface area contributed by atoms with Crippen molar-refractivity contribution in [2.24, 2.45) is 17.8 Å². The summed E-state index contributed by atoms with van der Waals surface area (Å²) in [5, 5.41) is 3.08. The summed E-state index contributed by atoms with van der Waals surface area (Å²) in [4.78, 5) is 25.0. The number of carbonyl (C=O) groups excluding carboxylic acids is 2. The first-order valence-corrected chi connectivity index (χ1v) is 17.4. The number of quaternary nitrogens is 1. The molecule has 0 aromatic carbocycles. The number of nitrogens with zero attached hydrogens (tertiary/aromatic N) is 1. The van der Waals surface area contributed by atoms with Crippen LogP contribution in [-0.2, 0) is 14.3 Å². The number of carbonyl (C=O) groups is 2. The molecule has 6 heteroatoms. The van der Waals surface area contributed by atoms with Gasteiger partial charge in [0.25, 0.3) is 0 Å². The van der Waals surface area contributed by atoms with Gasteiger partial charge in [0.05, 0.1) is 20.6 Å². The highest BCUT2D eigenvalue weighted by Crippen LogP contribution is 2.35. The van der Waals surface area contributed by atoms with E-state index in [4.69, 9.17) is 4.74 Å². The van der Waals surface area contributed by atoms with Gasteiger partial charge in [0.1, 0.15) is 6.10 Å².